The van der Waals surface area contributed by atoms with Gasteiger partial charge in [0.2, 0.25) is 10.9 Å². The van der Waals surface area contributed by atoms with Crippen molar-refractivity contribution in [2.24, 2.45) is 0 Å². The number of hydrogen-bond acceptors (Lipinski definition) is 4. The van der Waals surface area contributed by atoms with Gasteiger partial charge in [0.05, 0.1) is 21.9 Å². The summed E-state index contributed by atoms with van der Waals surface area (Å²) in [6.07, 6.45) is 2.62. The molecule has 4 rings (SSSR count). The van der Waals surface area contributed by atoms with Crippen LogP contribution in [0.2, 0.25) is 0 Å². The lowest BCUT2D eigenvalue weighted by Crippen LogP contribution is -2.12. The van der Waals surface area contributed by atoms with Gasteiger partial charge in [0.15, 0.2) is 0 Å². The van der Waals surface area contributed by atoms with Gasteiger partial charge < -0.3 is 8.83 Å². The maximum absolute atomic E-state index is 12.6. The standard InChI is InChI=1S/C18H10O4/c19-17-11-5-1-3-7-15(11)21-9-13(17)14-10-22-16-8-4-2-6-12(16)18(14)20/h1-10H. The molecule has 4 aromatic rings. The molecule has 0 saturated carbocycles. The first kappa shape index (κ1) is 12.6. The predicted octanol–water partition coefficient (Wildman–Crippen LogP) is 3.57. The van der Waals surface area contributed by atoms with Gasteiger partial charge in [-0.25, -0.2) is 0 Å². The smallest absolute Gasteiger partial charge is 0.200 e. The van der Waals surface area contributed by atoms with E-state index in [1.807, 2.05) is 0 Å². The van der Waals surface area contributed by atoms with Crippen LogP contribution in [0.15, 0.2) is 79.5 Å². The van der Waals surface area contributed by atoms with E-state index < -0.39 is 0 Å². The summed E-state index contributed by atoms with van der Waals surface area (Å²) in [5, 5.41) is 0.875. The van der Waals surface area contributed by atoms with Crippen molar-refractivity contribution in [1.29, 1.82) is 0 Å². The van der Waals surface area contributed by atoms with Gasteiger partial charge >= 0.3 is 0 Å². The Bertz CT molecular complexity index is 1030. The lowest BCUT2D eigenvalue weighted by Gasteiger charge is -2.03. The van der Waals surface area contributed by atoms with Gasteiger partial charge in [0.1, 0.15) is 23.7 Å². The molecule has 22 heavy (non-hydrogen) atoms. The minimum Gasteiger partial charge on any atom is -0.463 e. The van der Waals surface area contributed by atoms with Crippen molar-refractivity contribution in [2.75, 3.05) is 0 Å². The van der Waals surface area contributed by atoms with Gasteiger partial charge in [0, 0.05) is 0 Å². The van der Waals surface area contributed by atoms with Gasteiger partial charge in [-0.2, -0.15) is 0 Å². The Hall–Kier alpha value is -3.14. The first-order valence-corrected chi connectivity index (χ1v) is 6.77. The molecular weight excluding hydrogens is 280 g/mol. The molecule has 4 heteroatoms. The highest BCUT2D eigenvalue weighted by Crippen LogP contribution is 2.19. The third-order valence-electron chi connectivity index (χ3n) is 3.65. The molecule has 0 N–H and O–H groups in total. The van der Waals surface area contributed by atoms with Crippen LogP contribution in [-0.2, 0) is 0 Å². The van der Waals surface area contributed by atoms with E-state index in [4.69, 9.17) is 8.83 Å². The molecule has 4 nitrogen and oxygen atoms in total. The average Bonchev–Trinajstić information content (AvgIpc) is 2.57. The molecule has 0 amide bonds. The first-order chi connectivity index (χ1) is 10.8. The van der Waals surface area contributed by atoms with Gasteiger partial charge in [-0.1, -0.05) is 24.3 Å². The minimum absolute atomic E-state index is 0.207. The van der Waals surface area contributed by atoms with E-state index >= 15 is 0 Å². The van der Waals surface area contributed by atoms with Crippen LogP contribution in [0.25, 0.3) is 33.1 Å². The highest BCUT2D eigenvalue weighted by molar-refractivity contribution is 5.85. The number of benzene rings is 2. The number of hydrogen-bond donors (Lipinski definition) is 0. The summed E-state index contributed by atoms with van der Waals surface area (Å²) >= 11 is 0. The quantitative estimate of drug-likeness (QED) is 0.537. The maximum Gasteiger partial charge on any atom is 0.200 e. The lowest BCUT2D eigenvalue weighted by atomic mass is 10.1. The fraction of sp³-hybridized carbons (Fsp3) is 0. The van der Waals surface area contributed by atoms with E-state index in [0.717, 1.165) is 0 Å². The summed E-state index contributed by atoms with van der Waals surface area (Å²) in [6.45, 7) is 0. The third kappa shape index (κ3) is 1.78. The van der Waals surface area contributed by atoms with Crippen molar-refractivity contribution >= 4 is 21.9 Å². The summed E-state index contributed by atoms with van der Waals surface area (Å²) < 4.78 is 10.9. The topological polar surface area (TPSA) is 60.4 Å². The van der Waals surface area contributed by atoms with E-state index in [2.05, 4.69) is 0 Å². The zero-order valence-corrected chi connectivity index (χ0v) is 11.4. The van der Waals surface area contributed by atoms with Crippen molar-refractivity contribution in [3.63, 3.8) is 0 Å². The second-order valence-corrected chi connectivity index (χ2v) is 4.95. The van der Waals surface area contributed by atoms with Gasteiger partial charge in [-0.3, -0.25) is 9.59 Å². The van der Waals surface area contributed by atoms with Crippen molar-refractivity contribution in [3.05, 3.63) is 81.5 Å². The van der Waals surface area contributed by atoms with Crippen LogP contribution in [0.4, 0.5) is 0 Å². The highest BCUT2D eigenvalue weighted by atomic mass is 16.3. The fourth-order valence-corrected chi connectivity index (χ4v) is 2.53. The van der Waals surface area contributed by atoms with Gasteiger partial charge in [-0.05, 0) is 24.3 Å². The van der Waals surface area contributed by atoms with Crippen molar-refractivity contribution in [1.82, 2.24) is 0 Å². The van der Waals surface area contributed by atoms with E-state index in [1.54, 1.807) is 48.5 Å². The molecule has 0 atom stereocenters. The van der Waals surface area contributed by atoms with E-state index in [0.29, 0.717) is 21.9 Å². The SMILES string of the molecule is O=c1c(-c2coc3ccccc3c2=O)coc2ccccc12. The molecule has 0 aliphatic rings. The molecule has 0 bridgehead atoms. The van der Waals surface area contributed by atoms with Crippen LogP contribution in [0.5, 0.6) is 0 Å². The maximum atomic E-state index is 12.6. The molecule has 106 valence electrons. The number of rotatable bonds is 1. The minimum atomic E-state index is -0.246. The van der Waals surface area contributed by atoms with Crippen molar-refractivity contribution in [3.8, 4) is 11.1 Å². The number of para-hydroxylation sites is 2. The Morgan fingerprint density at radius 2 is 1.00 bits per heavy atom. The molecule has 2 heterocycles. The van der Waals surface area contributed by atoms with Crippen LogP contribution < -0.4 is 10.9 Å². The summed E-state index contributed by atoms with van der Waals surface area (Å²) in [5.41, 5.74) is 0.896. The molecule has 2 aromatic heterocycles. The summed E-state index contributed by atoms with van der Waals surface area (Å²) in [5.74, 6) is 0. The Labute approximate surface area is 124 Å². The molecule has 0 unspecified atom stereocenters. The second kappa shape index (κ2) is 4.70. The first-order valence-electron chi connectivity index (χ1n) is 6.77. The van der Waals surface area contributed by atoms with Crippen LogP contribution in [0.1, 0.15) is 0 Å². The molecule has 0 spiro atoms. The summed E-state index contributed by atoms with van der Waals surface area (Å²) in [7, 11) is 0. The molecule has 2 aromatic carbocycles. The molecule has 0 aliphatic heterocycles. The van der Waals surface area contributed by atoms with Crippen molar-refractivity contribution < 1.29 is 8.83 Å². The summed E-state index contributed by atoms with van der Waals surface area (Å²) in [6, 6.07) is 13.9. The highest BCUT2D eigenvalue weighted by Gasteiger charge is 2.14. The molecule has 0 fully saturated rings. The van der Waals surface area contributed by atoms with E-state index in [1.165, 1.54) is 12.5 Å². The van der Waals surface area contributed by atoms with E-state index in [-0.39, 0.29) is 22.0 Å². The Morgan fingerprint density at radius 1 is 0.591 bits per heavy atom. The molecule has 0 saturated heterocycles. The number of fused-ring (bicyclic) bond motifs is 2. The normalized spacial score (nSPS) is 11.1. The van der Waals surface area contributed by atoms with Gasteiger partial charge in [-0.15, -0.1) is 0 Å². The Morgan fingerprint density at radius 3 is 1.45 bits per heavy atom. The van der Waals surface area contributed by atoms with Gasteiger partial charge in [0.25, 0.3) is 0 Å². The zero-order chi connectivity index (χ0) is 15.1. The monoisotopic (exact) mass is 290 g/mol. The molecule has 0 radical (unpaired) electrons. The Balaban J connectivity index is 2.08. The lowest BCUT2D eigenvalue weighted by molar-refractivity contribution is 0.596. The predicted molar refractivity (Wildman–Crippen MR) is 84.0 cm³/mol. The van der Waals surface area contributed by atoms with Crippen LogP contribution >= 0.6 is 0 Å². The zero-order valence-electron chi connectivity index (χ0n) is 11.4. The van der Waals surface area contributed by atoms with Crippen LogP contribution in [0, 0.1) is 0 Å². The summed E-state index contributed by atoms with van der Waals surface area (Å²) in [4.78, 5) is 25.2. The van der Waals surface area contributed by atoms with E-state index in [9.17, 15) is 9.59 Å². The fourth-order valence-electron chi connectivity index (χ4n) is 2.53. The average molecular weight is 290 g/mol. The second-order valence-electron chi connectivity index (χ2n) is 4.95. The van der Waals surface area contributed by atoms with Crippen molar-refractivity contribution in [2.45, 2.75) is 0 Å². The van der Waals surface area contributed by atoms with Crippen LogP contribution in [0.3, 0.4) is 0 Å². The molecule has 0 aliphatic carbocycles. The largest absolute Gasteiger partial charge is 0.463 e. The molecular formula is C18H10O4. The Kier molecular flexibility index (Phi) is 2.69. The van der Waals surface area contributed by atoms with Crippen LogP contribution in [-0.4, -0.2) is 0 Å². The third-order valence-corrected chi connectivity index (χ3v) is 3.65.